The first-order chi connectivity index (χ1) is 7.22. The van der Waals surface area contributed by atoms with Crippen molar-refractivity contribution in [3.05, 3.63) is 28.1 Å². The molecule has 1 unspecified atom stereocenters. The summed E-state index contributed by atoms with van der Waals surface area (Å²) in [5.74, 6) is 0. The highest BCUT2D eigenvalue weighted by atomic mass is 32.1. The Bertz CT molecular complexity index is 522. The van der Waals surface area contributed by atoms with E-state index in [1.54, 1.807) is 11.4 Å². The Morgan fingerprint density at radius 3 is 3.20 bits per heavy atom. The van der Waals surface area contributed by atoms with Crippen LogP contribution in [0.2, 0.25) is 0 Å². The van der Waals surface area contributed by atoms with Crippen molar-refractivity contribution >= 4 is 21.6 Å². The lowest BCUT2D eigenvalue weighted by molar-refractivity contribution is 0.121. The Kier molecular flexibility index (Phi) is 2.79. The van der Waals surface area contributed by atoms with E-state index in [4.69, 9.17) is 5.11 Å². The predicted molar refractivity (Wildman–Crippen MR) is 55.9 cm³/mol. The van der Waals surface area contributed by atoms with Crippen LogP contribution in [-0.2, 0) is 6.54 Å². The summed E-state index contributed by atoms with van der Waals surface area (Å²) in [6.45, 7) is -0.928. The van der Waals surface area contributed by atoms with Gasteiger partial charge in [-0.3, -0.25) is 9.36 Å². The van der Waals surface area contributed by atoms with Gasteiger partial charge in [-0.05, 0) is 11.4 Å². The van der Waals surface area contributed by atoms with Crippen LogP contribution < -0.4 is 5.56 Å². The standard InChI is InChI=1S/C9H9FN2O2S/c10-3-6(13)4-12-5-11-8-7(9(12)14)1-2-15-8/h1-2,5-6,13H,3-4H2. The number of hydrogen-bond donors (Lipinski definition) is 1. The van der Waals surface area contributed by atoms with Crippen LogP contribution in [0.3, 0.4) is 0 Å². The summed E-state index contributed by atoms with van der Waals surface area (Å²) in [4.78, 5) is 16.4. The van der Waals surface area contributed by atoms with Gasteiger partial charge in [0.05, 0.1) is 18.3 Å². The summed E-state index contributed by atoms with van der Waals surface area (Å²) in [6, 6.07) is 1.67. The minimum atomic E-state index is -1.15. The summed E-state index contributed by atoms with van der Waals surface area (Å²) in [7, 11) is 0. The van der Waals surface area contributed by atoms with E-state index in [9.17, 15) is 9.18 Å². The second-order valence-electron chi connectivity index (χ2n) is 3.15. The third-order valence-corrected chi connectivity index (χ3v) is 2.86. The van der Waals surface area contributed by atoms with Gasteiger partial charge in [0, 0.05) is 0 Å². The summed E-state index contributed by atoms with van der Waals surface area (Å²) < 4.78 is 13.3. The average Bonchev–Trinajstić information content (AvgIpc) is 2.70. The molecule has 6 heteroatoms. The number of nitrogens with zero attached hydrogens (tertiary/aromatic N) is 2. The van der Waals surface area contributed by atoms with Gasteiger partial charge in [0.25, 0.3) is 5.56 Å². The molecule has 0 aliphatic carbocycles. The molecule has 0 aromatic carbocycles. The van der Waals surface area contributed by atoms with Gasteiger partial charge in [0.15, 0.2) is 0 Å². The first-order valence-electron chi connectivity index (χ1n) is 4.39. The molecule has 0 aliphatic heterocycles. The van der Waals surface area contributed by atoms with Crippen molar-refractivity contribution in [3.63, 3.8) is 0 Å². The Morgan fingerprint density at radius 2 is 2.47 bits per heavy atom. The normalized spacial score (nSPS) is 13.2. The predicted octanol–water partition coefficient (Wildman–Crippen LogP) is 0.788. The van der Waals surface area contributed by atoms with Crippen LogP contribution in [0.5, 0.6) is 0 Å². The van der Waals surface area contributed by atoms with E-state index in [2.05, 4.69) is 4.98 Å². The first kappa shape index (κ1) is 10.3. The summed E-state index contributed by atoms with van der Waals surface area (Å²) in [5.41, 5.74) is -0.242. The largest absolute Gasteiger partial charge is 0.389 e. The van der Waals surface area contributed by atoms with Gasteiger partial charge < -0.3 is 5.11 Å². The van der Waals surface area contributed by atoms with Crippen LogP contribution in [-0.4, -0.2) is 27.4 Å². The molecule has 15 heavy (non-hydrogen) atoms. The van der Waals surface area contributed by atoms with Crippen LogP contribution in [0.25, 0.3) is 10.2 Å². The van der Waals surface area contributed by atoms with Crippen molar-refractivity contribution in [2.75, 3.05) is 6.67 Å². The van der Waals surface area contributed by atoms with E-state index in [0.717, 1.165) is 0 Å². The Balaban J connectivity index is 2.44. The molecule has 1 N–H and O–H groups in total. The molecule has 0 amide bonds. The first-order valence-corrected chi connectivity index (χ1v) is 5.27. The lowest BCUT2D eigenvalue weighted by Crippen LogP contribution is -2.27. The fourth-order valence-electron chi connectivity index (χ4n) is 1.30. The molecule has 2 rings (SSSR count). The van der Waals surface area contributed by atoms with Crippen LogP contribution in [0.4, 0.5) is 4.39 Å². The molecule has 2 aromatic heterocycles. The van der Waals surface area contributed by atoms with E-state index in [-0.39, 0.29) is 12.1 Å². The number of fused-ring (bicyclic) bond motifs is 1. The lowest BCUT2D eigenvalue weighted by atomic mass is 10.3. The maximum Gasteiger partial charge on any atom is 0.262 e. The topological polar surface area (TPSA) is 55.1 Å². The Morgan fingerprint density at radius 1 is 1.67 bits per heavy atom. The zero-order valence-electron chi connectivity index (χ0n) is 7.76. The van der Waals surface area contributed by atoms with Crippen molar-refractivity contribution in [3.8, 4) is 0 Å². The van der Waals surface area contributed by atoms with E-state index in [1.807, 2.05) is 0 Å². The highest BCUT2D eigenvalue weighted by Crippen LogP contribution is 2.13. The molecular weight excluding hydrogens is 219 g/mol. The van der Waals surface area contributed by atoms with Crippen LogP contribution >= 0.6 is 11.3 Å². The zero-order chi connectivity index (χ0) is 10.8. The van der Waals surface area contributed by atoms with Gasteiger partial charge in [0.1, 0.15) is 17.6 Å². The monoisotopic (exact) mass is 228 g/mol. The number of alkyl halides is 1. The maximum absolute atomic E-state index is 12.1. The average molecular weight is 228 g/mol. The quantitative estimate of drug-likeness (QED) is 0.845. The molecule has 0 radical (unpaired) electrons. The molecule has 0 spiro atoms. The van der Waals surface area contributed by atoms with Gasteiger partial charge in [-0.2, -0.15) is 0 Å². The minimum absolute atomic E-state index is 0.0614. The Labute approximate surface area is 88.6 Å². The Hall–Kier alpha value is -1.27. The van der Waals surface area contributed by atoms with Gasteiger partial charge in [-0.1, -0.05) is 0 Å². The summed E-state index contributed by atoms with van der Waals surface area (Å²) >= 11 is 1.37. The van der Waals surface area contributed by atoms with E-state index >= 15 is 0 Å². The maximum atomic E-state index is 12.1. The molecule has 0 fully saturated rings. The van der Waals surface area contributed by atoms with Gasteiger partial charge in [-0.15, -0.1) is 11.3 Å². The highest BCUT2D eigenvalue weighted by Gasteiger charge is 2.09. The second kappa shape index (κ2) is 4.08. The molecule has 0 saturated heterocycles. The fraction of sp³-hybridized carbons (Fsp3) is 0.333. The van der Waals surface area contributed by atoms with Gasteiger partial charge in [-0.25, -0.2) is 9.37 Å². The van der Waals surface area contributed by atoms with Crippen LogP contribution in [0.15, 0.2) is 22.6 Å². The van der Waals surface area contributed by atoms with Crippen molar-refractivity contribution < 1.29 is 9.50 Å². The number of thiophene rings is 1. The molecule has 0 saturated carbocycles. The molecule has 2 heterocycles. The lowest BCUT2D eigenvalue weighted by Gasteiger charge is -2.07. The van der Waals surface area contributed by atoms with Crippen molar-refractivity contribution in [1.82, 2.24) is 9.55 Å². The van der Waals surface area contributed by atoms with Crippen LogP contribution in [0.1, 0.15) is 0 Å². The number of hydrogen-bond acceptors (Lipinski definition) is 4. The molecule has 1 atom stereocenters. The van der Waals surface area contributed by atoms with Crippen molar-refractivity contribution in [1.29, 1.82) is 0 Å². The molecule has 0 bridgehead atoms. The minimum Gasteiger partial charge on any atom is -0.389 e. The highest BCUT2D eigenvalue weighted by molar-refractivity contribution is 7.16. The molecular formula is C9H9FN2O2S. The van der Waals surface area contributed by atoms with Crippen LogP contribution in [0, 0.1) is 0 Å². The third kappa shape index (κ3) is 1.91. The molecule has 80 valence electrons. The number of aromatic nitrogens is 2. The van der Waals surface area contributed by atoms with E-state index in [1.165, 1.54) is 22.2 Å². The second-order valence-corrected chi connectivity index (χ2v) is 4.04. The third-order valence-electron chi connectivity index (χ3n) is 2.04. The SMILES string of the molecule is O=c1c2ccsc2ncn1CC(O)CF. The van der Waals surface area contributed by atoms with E-state index in [0.29, 0.717) is 10.2 Å². The van der Waals surface area contributed by atoms with Crippen molar-refractivity contribution in [2.45, 2.75) is 12.6 Å². The van der Waals surface area contributed by atoms with Gasteiger partial charge >= 0.3 is 0 Å². The number of rotatable bonds is 3. The van der Waals surface area contributed by atoms with E-state index < -0.39 is 12.8 Å². The number of halogens is 1. The molecule has 2 aromatic rings. The van der Waals surface area contributed by atoms with Crippen molar-refractivity contribution in [2.24, 2.45) is 0 Å². The fourth-order valence-corrected chi connectivity index (χ4v) is 2.02. The number of aliphatic hydroxyl groups is 1. The van der Waals surface area contributed by atoms with Gasteiger partial charge in [0.2, 0.25) is 0 Å². The molecule has 4 nitrogen and oxygen atoms in total. The smallest absolute Gasteiger partial charge is 0.262 e. The molecule has 0 aliphatic rings. The summed E-state index contributed by atoms with van der Waals surface area (Å²) in [5, 5.41) is 11.4. The zero-order valence-corrected chi connectivity index (χ0v) is 8.58. The number of aliphatic hydroxyl groups excluding tert-OH is 1. The summed E-state index contributed by atoms with van der Waals surface area (Å²) in [6.07, 6.45) is 0.181.